The molecule has 0 spiro atoms. The molecule has 1 rings (SSSR count). The standard InChI is InChI=1S/C35H55N11O14/c1-17(2)28(46-32(57)23(15-47)42-25(50)13-36)33(58)44-20(4-3-11-39-35(37)38)29(54)40-14-26(51)41-22(12-18-5-7-19(49)8-6-18)31(56)43-21(9-10-27(52)53)30(55)45-24(16-48)34(59)60/h5-8,17,20-24,28,47-49H,3-4,9-16,36H2,1-2H3,(H,40,54)(H,41,51)(H,42,50)(H,43,56)(H,44,58)(H,45,55)(H,46,57)(H,52,53)(H,59,60)(H4,37,38,39)/t20-,21-,22-,23-,24-,28-/m0/s1. The van der Waals surface area contributed by atoms with Gasteiger partial charge in [0.25, 0.3) is 0 Å². The number of amides is 7. The van der Waals surface area contributed by atoms with E-state index in [4.69, 9.17) is 17.2 Å². The van der Waals surface area contributed by atoms with Gasteiger partial charge in [-0.05, 0) is 42.9 Å². The van der Waals surface area contributed by atoms with Crippen LogP contribution in [0.25, 0.3) is 0 Å². The summed E-state index contributed by atoms with van der Waals surface area (Å²) in [6.45, 7) is 0.0606. The molecule has 25 heteroatoms. The molecule has 0 aliphatic rings. The molecule has 1 aromatic carbocycles. The number of carboxylic acids is 2. The Balaban J connectivity index is 3.29. The summed E-state index contributed by atoms with van der Waals surface area (Å²) in [6.07, 6.45) is -1.40. The van der Waals surface area contributed by atoms with E-state index < -0.39 is 135 Å². The van der Waals surface area contributed by atoms with Gasteiger partial charge in [-0.15, -0.1) is 0 Å². The van der Waals surface area contributed by atoms with Crippen LogP contribution in [0.4, 0.5) is 0 Å². The molecule has 0 saturated carbocycles. The molecule has 334 valence electrons. The molecule has 0 heterocycles. The molecule has 25 nitrogen and oxygen atoms in total. The average molecular weight is 854 g/mol. The van der Waals surface area contributed by atoms with Crippen molar-refractivity contribution in [2.75, 3.05) is 32.8 Å². The number of aliphatic carboxylic acids is 2. The summed E-state index contributed by atoms with van der Waals surface area (Å²) in [5.41, 5.74) is 16.4. The summed E-state index contributed by atoms with van der Waals surface area (Å²) < 4.78 is 0. The van der Waals surface area contributed by atoms with Crippen molar-refractivity contribution in [2.24, 2.45) is 28.1 Å². The minimum atomic E-state index is -1.79. The van der Waals surface area contributed by atoms with Crippen molar-refractivity contribution in [3.63, 3.8) is 0 Å². The zero-order chi connectivity index (χ0) is 45.5. The van der Waals surface area contributed by atoms with E-state index in [9.17, 15) is 68.7 Å². The fourth-order valence-corrected chi connectivity index (χ4v) is 5.15. The molecule has 1 aromatic rings. The van der Waals surface area contributed by atoms with Crippen LogP contribution in [0.1, 0.15) is 45.1 Å². The number of phenolic OH excluding ortho intramolecular Hbond substituents is 1. The molecule has 18 N–H and O–H groups in total. The first-order valence-corrected chi connectivity index (χ1v) is 18.5. The van der Waals surface area contributed by atoms with Gasteiger partial charge < -0.3 is 80.0 Å². The summed E-state index contributed by atoms with van der Waals surface area (Å²) in [6, 6.07) is -3.65. The van der Waals surface area contributed by atoms with Gasteiger partial charge in [0.1, 0.15) is 42.0 Å². The van der Waals surface area contributed by atoms with Gasteiger partial charge in [-0.2, -0.15) is 0 Å². The summed E-state index contributed by atoms with van der Waals surface area (Å²) in [5, 5.41) is 63.2. The van der Waals surface area contributed by atoms with Gasteiger partial charge in [0.05, 0.1) is 26.3 Å². The molecular weight excluding hydrogens is 798 g/mol. The Labute approximate surface area is 343 Å². The Bertz CT molecular complexity index is 1690. The van der Waals surface area contributed by atoms with E-state index in [1.54, 1.807) is 13.8 Å². The highest BCUT2D eigenvalue weighted by Gasteiger charge is 2.33. The van der Waals surface area contributed by atoms with Crippen LogP contribution >= 0.6 is 0 Å². The third-order valence-electron chi connectivity index (χ3n) is 8.37. The molecular formula is C35H55N11O14. The van der Waals surface area contributed by atoms with Gasteiger partial charge in [0.2, 0.25) is 41.4 Å². The number of aliphatic hydroxyl groups is 2. The lowest BCUT2D eigenvalue weighted by atomic mass is 10.0. The fraction of sp³-hybridized carbons (Fsp3) is 0.543. The second-order valence-corrected chi connectivity index (χ2v) is 13.5. The minimum Gasteiger partial charge on any atom is -0.508 e. The van der Waals surface area contributed by atoms with Crippen molar-refractivity contribution < 1.29 is 68.7 Å². The SMILES string of the molecule is CC(C)[C@H](NC(=O)[C@H](CO)NC(=O)CN)C(=O)N[C@@H](CCCN=C(N)N)C(=O)NCC(=O)N[C@@H](Cc1ccc(O)cc1)C(=O)N[C@@H](CCC(=O)O)C(=O)N[C@@H](CO)C(=O)O. The third-order valence-corrected chi connectivity index (χ3v) is 8.37. The van der Waals surface area contributed by atoms with E-state index in [2.05, 4.69) is 36.9 Å². The van der Waals surface area contributed by atoms with Crippen molar-refractivity contribution in [1.29, 1.82) is 0 Å². The predicted molar refractivity (Wildman–Crippen MR) is 209 cm³/mol. The first-order valence-electron chi connectivity index (χ1n) is 18.5. The lowest BCUT2D eigenvalue weighted by Gasteiger charge is -2.27. The third kappa shape index (κ3) is 19.2. The van der Waals surface area contributed by atoms with Gasteiger partial charge in [-0.1, -0.05) is 26.0 Å². The number of guanidine groups is 1. The van der Waals surface area contributed by atoms with Gasteiger partial charge >= 0.3 is 11.9 Å². The fourth-order valence-electron chi connectivity index (χ4n) is 5.15. The Morgan fingerprint density at radius 3 is 1.73 bits per heavy atom. The second kappa shape index (κ2) is 26.4. The molecule has 0 unspecified atom stereocenters. The van der Waals surface area contributed by atoms with E-state index in [1.165, 1.54) is 24.3 Å². The largest absolute Gasteiger partial charge is 0.508 e. The van der Waals surface area contributed by atoms with Crippen molar-refractivity contribution in [1.82, 2.24) is 37.2 Å². The molecule has 0 bridgehead atoms. The molecule has 0 radical (unpaired) electrons. The first-order chi connectivity index (χ1) is 28.2. The molecule has 7 amide bonds. The van der Waals surface area contributed by atoms with E-state index in [0.29, 0.717) is 5.56 Å². The van der Waals surface area contributed by atoms with Crippen LogP contribution in [-0.2, 0) is 49.6 Å². The van der Waals surface area contributed by atoms with Gasteiger partial charge in [-0.3, -0.25) is 43.3 Å². The molecule has 0 saturated heterocycles. The van der Waals surface area contributed by atoms with Crippen molar-refractivity contribution in [3.8, 4) is 5.75 Å². The maximum atomic E-state index is 13.6. The zero-order valence-corrected chi connectivity index (χ0v) is 33.0. The highest BCUT2D eigenvalue weighted by molar-refractivity contribution is 5.97. The number of carbonyl (C=O) groups excluding carboxylic acids is 7. The number of carbonyl (C=O) groups is 9. The van der Waals surface area contributed by atoms with E-state index in [-0.39, 0.29) is 37.5 Å². The average Bonchev–Trinajstić information content (AvgIpc) is 3.19. The number of nitrogens with one attached hydrogen (secondary N) is 7. The van der Waals surface area contributed by atoms with Gasteiger partial charge in [0, 0.05) is 19.4 Å². The molecule has 60 heavy (non-hydrogen) atoms. The number of aliphatic hydroxyl groups excluding tert-OH is 2. The Kier molecular flexibility index (Phi) is 22.6. The normalized spacial score (nSPS) is 13.8. The predicted octanol–water partition coefficient (Wildman–Crippen LogP) is -6.44. The quantitative estimate of drug-likeness (QED) is 0.0222. The van der Waals surface area contributed by atoms with Crippen molar-refractivity contribution in [3.05, 3.63) is 29.8 Å². The number of aliphatic imine (C=N–C) groups is 1. The molecule has 0 aliphatic heterocycles. The van der Waals surface area contributed by atoms with E-state index in [1.807, 2.05) is 5.32 Å². The summed E-state index contributed by atoms with van der Waals surface area (Å²) in [7, 11) is 0. The van der Waals surface area contributed by atoms with Gasteiger partial charge in [-0.25, -0.2) is 4.79 Å². The topological polar surface area (TPSA) is 429 Å². The lowest BCUT2D eigenvalue weighted by molar-refractivity contribution is -0.144. The van der Waals surface area contributed by atoms with Crippen LogP contribution in [0.3, 0.4) is 0 Å². The number of aromatic hydroxyl groups is 1. The Morgan fingerprint density at radius 1 is 0.667 bits per heavy atom. The number of benzene rings is 1. The number of rotatable bonds is 27. The van der Waals surface area contributed by atoms with E-state index in [0.717, 1.165) is 0 Å². The van der Waals surface area contributed by atoms with Crippen LogP contribution in [-0.4, -0.2) is 154 Å². The number of hydrogen-bond acceptors (Lipinski definition) is 14. The van der Waals surface area contributed by atoms with Crippen molar-refractivity contribution >= 4 is 59.2 Å². The van der Waals surface area contributed by atoms with Crippen LogP contribution in [0.5, 0.6) is 5.75 Å². The molecule has 6 atom stereocenters. The highest BCUT2D eigenvalue weighted by Crippen LogP contribution is 2.12. The monoisotopic (exact) mass is 853 g/mol. The number of nitrogens with zero attached hydrogens (tertiary/aromatic N) is 1. The van der Waals surface area contributed by atoms with Crippen molar-refractivity contribution in [2.45, 2.75) is 82.2 Å². The second-order valence-electron chi connectivity index (χ2n) is 13.5. The van der Waals surface area contributed by atoms with Gasteiger partial charge in [0.15, 0.2) is 5.96 Å². The number of phenols is 1. The van der Waals surface area contributed by atoms with E-state index >= 15 is 0 Å². The maximum Gasteiger partial charge on any atom is 0.328 e. The van der Waals surface area contributed by atoms with Crippen LogP contribution in [0, 0.1) is 5.92 Å². The van der Waals surface area contributed by atoms with Crippen LogP contribution in [0.15, 0.2) is 29.3 Å². The first kappa shape index (κ1) is 51.4. The lowest BCUT2D eigenvalue weighted by Crippen LogP contribution is -2.59. The summed E-state index contributed by atoms with van der Waals surface area (Å²) in [5.74, 6) is -10.5. The molecule has 0 aliphatic carbocycles. The Hall–Kier alpha value is -6.60. The molecule has 0 fully saturated rings. The van der Waals surface area contributed by atoms with Crippen LogP contribution in [0.2, 0.25) is 0 Å². The summed E-state index contributed by atoms with van der Waals surface area (Å²) >= 11 is 0. The Morgan fingerprint density at radius 2 is 1.20 bits per heavy atom. The maximum absolute atomic E-state index is 13.6. The minimum absolute atomic E-state index is 0.0301. The van der Waals surface area contributed by atoms with Crippen LogP contribution < -0.4 is 54.4 Å². The number of hydrogen-bond donors (Lipinski definition) is 15. The smallest absolute Gasteiger partial charge is 0.328 e. The number of nitrogens with two attached hydrogens (primary N) is 3. The molecule has 0 aromatic heterocycles. The zero-order valence-electron chi connectivity index (χ0n) is 33.0. The summed E-state index contributed by atoms with van der Waals surface area (Å²) in [4.78, 5) is 118. The number of carboxylic acid groups (broad SMARTS) is 2. The highest BCUT2D eigenvalue weighted by atomic mass is 16.4.